The average molecular weight is 377 g/mol. The normalized spacial score (nSPS) is 10.0. The van der Waals surface area contributed by atoms with Crippen LogP contribution in [0.25, 0.3) is 0 Å². The van der Waals surface area contributed by atoms with Crippen molar-refractivity contribution in [2.24, 2.45) is 0 Å². The van der Waals surface area contributed by atoms with Gasteiger partial charge in [-0.05, 0) is 18.2 Å². The molecule has 0 amide bonds. The van der Waals surface area contributed by atoms with E-state index in [0.29, 0.717) is 23.1 Å². The number of nitrogens with one attached hydrogen (secondary N) is 1. The van der Waals surface area contributed by atoms with Crippen LogP contribution < -0.4 is 19.5 Å². The Kier molecular flexibility index (Phi) is 6.75. The maximum atomic E-state index is 12.2. The number of ether oxygens (including phenoxy) is 4. The predicted octanol–water partition coefficient (Wildman–Crippen LogP) is 2.28. The molecule has 0 saturated heterocycles. The number of pyridine rings is 1. The van der Waals surface area contributed by atoms with Crippen molar-refractivity contribution in [1.29, 1.82) is 0 Å². The van der Waals surface area contributed by atoms with Crippen LogP contribution in [-0.4, -0.2) is 50.4 Å². The fourth-order valence-electron chi connectivity index (χ4n) is 2.20. The molecule has 0 bridgehead atoms. The summed E-state index contributed by atoms with van der Waals surface area (Å²) in [6.07, 6.45) is 1.14. The molecular weight excluding hydrogens is 358 g/mol. The minimum absolute atomic E-state index is 0.0637. The molecule has 144 valence electrons. The van der Waals surface area contributed by atoms with Gasteiger partial charge >= 0.3 is 5.97 Å². The van der Waals surface area contributed by atoms with E-state index >= 15 is 0 Å². The third kappa shape index (κ3) is 4.97. The van der Waals surface area contributed by atoms with Crippen molar-refractivity contribution < 1.29 is 28.7 Å². The molecule has 1 aromatic heterocycles. The van der Waals surface area contributed by atoms with E-state index in [1.54, 1.807) is 0 Å². The van der Waals surface area contributed by atoms with Gasteiger partial charge in [0.2, 0.25) is 5.75 Å². The summed E-state index contributed by atoms with van der Waals surface area (Å²) in [4.78, 5) is 26.2. The fraction of sp³-hybridized carbons (Fsp3) is 0.294. The first-order valence-electron chi connectivity index (χ1n) is 7.81. The number of nitro groups is 1. The SMILES string of the molecule is COc1cc(C(=O)OCCNc2ccc([N+](=O)[O-])cn2)cc(OC)c1OC. The minimum atomic E-state index is -0.562. The van der Waals surface area contributed by atoms with E-state index in [2.05, 4.69) is 10.3 Å². The second kappa shape index (κ2) is 9.22. The van der Waals surface area contributed by atoms with Gasteiger partial charge in [-0.15, -0.1) is 0 Å². The molecule has 2 rings (SSSR count). The first kappa shape index (κ1) is 19.8. The number of anilines is 1. The number of aromatic nitrogens is 1. The van der Waals surface area contributed by atoms with Crippen molar-refractivity contribution in [1.82, 2.24) is 4.98 Å². The second-order valence-electron chi connectivity index (χ2n) is 5.14. The Morgan fingerprint density at radius 3 is 2.30 bits per heavy atom. The highest BCUT2D eigenvalue weighted by Crippen LogP contribution is 2.38. The molecule has 0 spiro atoms. The van der Waals surface area contributed by atoms with Crippen LogP contribution in [0.2, 0.25) is 0 Å². The van der Waals surface area contributed by atoms with Crippen LogP contribution in [0.3, 0.4) is 0 Å². The van der Waals surface area contributed by atoms with E-state index < -0.39 is 10.9 Å². The van der Waals surface area contributed by atoms with Gasteiger partial charge in [-0.2, -0.15) is 0 Å². The van der Waals surface area contributed by atoms with Gasteiger partial charge in [0.15, 0.2) is 11.5 Å². The first-order chi connectivity index (χ1) is 13.0. The lowest BCUT2D eigenvalue weighted by atomic mass is 10.2. The molecule has 0 atom stereocenters. The van der Waals surface area contributed by atoms with E-state index in [1.807, 2.05) is 0 Å². The molecule has 0 fully saturated rings. The van der Waals surface area contributed by atoms with Crippen molar-refractivity contribution in [2.45, 2.75) is 0 Å². The van der Waals surface area contributed by atoms with Gasteiger partial charge in [-0.3, -0.25) is 10.1 Å². The molecule has 10 heteroatoms. The van der Waals surface area contributed by atoms with Crippen LogP contribution in [0.5, 0.6) is 17.2 Å². The van der Waals surface area contributed by atoms with Gasteiger partial charge in [-0.25, -0.2) is 9.78 Å². The zero-order valence-electron chi connectivity index (χ0n) is 15.1. The van der Waals surface area contributed by atoms with Crippen molar-refractivity contribution in [3.05, 3.63) is 46.1 Å². The Hall–Kier alpha value is -3.56. The lowest BCUT2D eigenvalue weighted by Gasteiger charge is -2.14. The Morgan fingerprint density at radius 1 is 1.15 bits per heavy atom. The summed E-state index contributed by atoms with van der Waals surface area (Å²) >= 11 is 0. The molecule has 0 unspecified atom stereocenters. The average Bonchev–Trinajstić information content (AvgIpc) is 2.70. The lowest BCUT2D eigenvalue weighted by molar-refractivity contribution is -0.385. The quantitative estimate of drug-likeness (QED) is 0.303. The van der Waals surface area contributed by atoms with Crippen LogP contribution in [0.4, 0.5) is 11.5 Å². The van der Waals surface area contributed by atoms with E-state index in [0.717, 1.165) is 6.20 Å². The van der Waals surface area contributed by atoms with Crippen LogP contribution in [0, 0.1) is 10.1 Å². The number of methoxy groups -OCH3 is 3. The highest BCUT2D eigenvalue weighted by molar-refractivity contribution is 5.91. The number of rotatable bonds is 9. The third-order valence-electron chi connectivity index (χ3n) is 3.50. The summed E-state index contributed by atoms with van der Waals surface area (Å²) in [5.41, 5.74) is 0.146. The summed E-state index contributed by atoms with van der Waals surface area (Å²) in [6, 6.07) is 5.79. The van der Waals surface area contributed by atoms with Crippen LogP contribution in [-0.2, 0) is 4.74 Å². The topological polar surface area (TPSA) is 122 Å². The highest BCUT2D eigenvalue weighted by atomic mass is 16.6. The predicted molar refractivity (Wildman–Crippen MR) is 95.8 cm³/mol. The van der Waals surface area contributed by atoms with Gasteiger partial charge in [0.25, 0.3) is 5.69 Å². The van der Waals surface area contributed by atoms with E-state index in [-0.39, 0.29) is 24.4 Å². The van der Waals surface area contributed by atoms with Crippen molar-refractivity contribution in [2.75, 3.05) is 39.8 Å². The molecule has 2 aromatic rings. The number of hydrogen-bond acceptors (Lipinski definition) is 9. The first-order valence-corrected chi connectivity index (χ1v) is 7.81. The van der Waals surface area contributed by atoms with Crippen LogP contribution >= 0.6 is 0 Å². The largest absolute Gasteiger partial charge is 0.493 e. The number of carbonyl (C=O) groups excluding carboxylic acids is 1. The molecule has 1 N–H and O–H groups in total. The lowest BCUT2D eigenvalue weighted by Crippen LogP contribution is -2.14. The van der Waals surface area contributed by atoms with Gasteiger partial charge < -0.3 is 24.3 Å². The third-order valence-corrected chi connectivity index (χ3v) is 3.50. The number of benzene rings is 1. The number of carbonyl (C=O) groups is 1. The maximum absolute atomic E-state index is 12.2. The standard InChI is InChI=1S/C17H19N3O7/c1-24-13-8-11(9-14(25-2)16(13)26-3)17(21)27-7-6-18-15-5-4-12(10-19-15)20(22)23/h4-5,8-10H,6-7H2,1-3H3,(H,18,19). The van der Waals surface area contributed by atoms with Gasteiger partial charge in [0.1, 0.15) is 18.6 Å². The Labute approximate surface area is 155 Å². The van der Waals surface area contributed by atoms with Gasteiger partial charge in [0.05, 0.1) is 38.4 Å². The van der Waals surface area contributed by atoms with E-state index in [1.165, 1.54) is 45.6 Å². The molecule has 10 nitrogen and oxygen atoms in total. The van der Waals surface area contributed by atoms with Crippen molar-refractivity contribution in [3.8, 4) is 17.2 Å². The molecule has 0 saturated carbocycles. The zero-order chi connectivity index (χ0) is 19.8. The van der Waals surface area contributed by atoms with E-state index in [9.17, 15) is 14.9 Å². The fourth-order valence-corrected chi connectivity index (χ4v) is 2.20. The molecule has 0 aliphatic rings. The Balaban J connectivity index is 1.92. The number of esters is 1. The Morgan fingerprint density at radius 2 is 1.81 bits per heavy atom. The van der Waals surface area contributed by atoms with Gasteiger partial charge in [0, 0.05) is 6.07 Å². The Bertz CT molecular complexity index is 784. The molecule has 0 radical (unpaired) electrons. The summed E-state index contributed by atoms with van der Waals surface area (Å²) < 4.78 is 20.8. The zero-order valence-corrected chi connectivity index (χ0v) is 15.1. The maximum Gasteiger partial charge on any atom is 0.338 e. The van der Waals surface area contributed by atoms with Crippen molar-refractivity contribution >= 4 is 17.5 Å². The second-order valence-corrected chi connectivity index (χ2v) is 5.14. The monoisotopic (exact) mass is 377 g/mol. The van der Waals surface area contributed by atoms with Crippen LogP contribution in [0.1, 0.15) is 10.4 Å². The molecule has 1 heterocycles. The molecule has 0 aliphatic carbocycles. The summed E-state index contributed by atoms with van der Waals surface area (Å²) in [5.74, 6) is 0.939. The van der Waals surface area contributed by atoms with Crippen LogP contribution in [0.15, 0.2) is 30.5 Å². The molecule has 1 aromatic carbocycles. The molecule has 27 heavy (non-hydrogen) atoms. The highest BCUT2D eigenvalue weighted by Gasteiger charge is 2.17. The summed E-state index contributed by atoms with van der Waals surface area (Å²) in [5, 5.41) is 13.5. The molecular formula is C17H19N3O7. The summed E-state index contributed by atoms with van der Waals surface area (Å²) in [7, 11) is 4.37. The van der Waals surface area contributed by atoms with Gasteiger partial charge in [-0.1, -0.05) is 0 Å². The molecule has 0 aliphatic heterocycles. The number of nitrogens with zero attached hydrogens (tertiary/aromatic N) is 2. The smallest absolute Gasteiger partial charge is 0.338 e. The van der Waals surface area contributed by atoms with E-state index in [4.69, 9.17) is 18.9 Å². The number of hydrogen-bond donors (Lipinski definition) is 1. The van der Waals surface area contributed by atoms with Crippen molar-refractivity contribution in [3.63, 3.8) is 0 Å². The summed E-state index contributed by atoms with van der Waals surface area (Å²) in [6.45, 7) is 0.342. The minimum Gasteiger partial charge on any atom is -0.493 e.